The lowest BCUT2D eigenvalue weighted by molar-refractivity contribution is 0.301. The average Bonchev–Trinajstić information content (AvgIpc) is 2.46. The highest BCUT2D eigenvalue weighted by Gasteiger charge is 2.00. The molecule has 20 heavy (non-hydrogen) atoms. The number of hydrogen-bond donors (Lipinski definition) is 1. The number of aromatic nitrogens is 1. The molecular weight excluding hydrogens is 270 g/mol. The normalized spacial score (nSPS) is 10.0. The Kier molecular flexibility index (Phi) is 4.48. The summed E-state index contributed by atoms with van der Waals surface area (Å²) in [6.07, 6.45) is 0. The SMILES string of the molecule is Oc1ccc(OCc2ccc3ccccc3n2)cc1.[SH-]. The number of nitrogens with zero attached hydrogens (tertiary/aromatic N) is 1. The standard InChI is InChI=1S/C16H13NO2.H2S/c18-14-7-9-15(10-8-14)19-11-13-6-5-12-3-1-2-4-16(12)17-13;/h1-10,18H,11H2;1H2/p-1. The van der Waals surface area contributed by atoms with Crippen molar-refractivity contribution in [1.29, 1.82) is 0 Å². The van der Waals surface area contributed by atoms with Gasteiger partial charge in [0, 0.05) is 5.39 Å². The Bertz CT molecular complexity index is 698. The Hall–Kier alpha value is -2.20. The smallest absolute Gasteiger partial charge is 0.130 e. The number of rotatable bonds is 3. The Morgan fingerprint density at radius 3 is 2.45 bits per heavy atom. The highest BCUT2D eigenvalue weighted by Crippen LogP contribution is 2.18. The fourth-order valence-corrected chi connectivity index (χ4v) is 1.89. The Morgan fingerprint density at radius 1 is 0.900 bits per heavy atom. The lowest BCUT2D eigenvalue weighted by atomic mass is 10.2. The first kappa shape index (κ1) is 14.2. The van der Waals surface area contributed by atoms with Gasteiger partial charge in [-0.2, -0.15) is 0 Å². The molecule has 0 aliphatic heterocycles. The molecule has 4 heteroatoms. The molecule has 3 rings (SSSR count). The lowest BCUT2D eigenvalue weighted by Gasteiger charge is -2.06. The fraction of sp³-hybridized carbons (Fsp3) is 0.0625. The van der Waals surface area contributed by atoms with Crippen LogP contribution >= 0.6 is 0 Å². The van der Waals surface area contributed by atoms with Crippen LogP contribution < -0.4 is 4.74 Å². The molecule has 1 heterocycles. The number of phenols is 1. The Balaban J connectivity index is 0.00000147. The van der Waals surface area contributed by atoms with Crippen LogP contribution in [0.5, 0.6) is 11.5 Å². The Labute approximate surface area is 124 Å². The van der Waals surface area contributed by atoms with Crippen LogP contribution in [0.25, 0.3) is 10.9 Å². The molecule has 0 aliphatic rings. The molecule has 1 aromatic heterocycles. The van der Waals surface area contributed by atoms with Crippen molar-refractivity contribution in [3.05, 3.63) is 66.4 Å². The van der Waals surface area contributed by atoms with Crippen LogP contribution in [-0.2, 0) is 20.1 Å². The summed E-state index contributed by atoms with van der Waals surface area (Å²) in [4.78, 5) is 4.53. The fourth-order valence-electron chi connectivity index (χ4n) is 1.89. The number of pyridine rings is 1. The molecule has 0 bridgehead atoms. The molecule has 0 fully saturated rings. The minimum Gasteiger partial charge on any atom is -0.813 e. The van der Waals surface area contributed by atoms with E-state index in [1.807, 2.05) is 36.4 Å². The maximum Gasteiger partial charge on any atom is 0.130 e. The van der Waals surface area contributed by atoms with E-state index >= 15 is 0 Å². The molecule has 0 amide bonds. The maximum atomic E-state index is 9.19. The number of para-hydroxylation sites is 1. The van der Waals surface area contributed by atoms with Gasteiger partial charge in [0.2, 0.25) is 0 Å². The second-order valence-corrected chi connectivity index (χ2v) is 4.28. The van der Waals surface area contributed by atoms with E-state index in [4.69, 9.17) is 4.74 Å². The molecule has 0 saturated carbocycles. The van der Waals surface area contributed by atoms with Gasteiger partial charge < -0.3 is 23.3 Å². The van der Waals surface area contributed by atoms with Crippen LogP contribution in [0.3, 0.4) is 0 Å². The third-order valence-electron chi connectivity index (χ3n) is 2.88. The third kappa shape index (κ3) is 3.22. The van der Waals surface area contributed by atoms with Crippen molar-refractivity contribution in [3.63, 3.8) is 0 Å². The molecular formula is C16H14NO2S-. The molecule has 3 nitrogen and oxygen atoms in total. The van der Waals surface area contributed by atoms with Crippen molar-refractivity contribution in [2.24, 2.45) is 0 Å². The van der Waals surface area contributed by atoms with Gasteiger partial charge in [-0.3, -0.25) is 0 Å². The van der Waals surface area contributed by atoms with Gasteiger partial charge in [0.05, 0.1) is 11.2 Å². The predicted octanol–water partition coefficient (Wildman–Crippen LogP) is 3.25. The van der Waals surface area contributed by atoms with Crippen LogP contribution in [0, 0.1) is 0 Å². The minimum absolute atomic E-state index is 0. The van der Waals surface area contributed by atoms with Gasteiger partial charge in [-0.05, 0) is 36.4 Å². The molecule has 0 radical (unpaired) electrons. The second-order valence-electron chi connectivity index (χ2n) is 4.28. The number of fused-ring (bicyclic) bond motifs is 1. The molecule has 0 spiro atoms. The number of ether oxygens (including phenoxy) is 1. The van der Waals surface area contributed by atoms with E-state index in [1.54, 1.807) is 24.3 Å². The van der Waals surface area contributed by atoms with Crippen LogP contribution in [0.15, 0.2) is 60.7 Å². The van der Waals surface area contributed by atoms with Crippen LogP contribution in [0.1, 0.15) is 5.69 Å². The van der Waals surface area contributed by atoms with Gasteiger partial charge in [-0.15, -0.1) is 0 Å². The van der Waals surface area contributed by atoms with E-state index in [0.717, 1.165) is 16.6 Å². The van der Waals surface area contributed by atoms with Crippen molar-refractivity contribution in [3.8, 4) is 11.5 Å². The summed E-state index contributed by atoms with van der Waals surface area (Å²) >= 11 is 0. The molecule has 102 valence electrons. The summed E-state index contributed by atoms with van der Waals surface area (Å²) < 4.78 is 5.62. The highest BCUT2D eigenvalue weighted by molar-refractivity contribution is 7.37. The van der Waals surface area contributed by atoms with Crippen LogP contribution in [0.2, 0.25) is 0 Å². The van der Waals surface area contributed by atoms with E-state index in [1.165, 1.54) is 0 Å². The monoisotopic (exact) mass is 284 g/mol. The molecule has 2 aromatic carbocycles. The van der Waals surface area contributed by atoms with Crippen molar-refractivity contribution in [2.45, 2.75) is 6.61 Å². The summed E-state index contributed by atoms with van der Waals surface area (Å²) in [6.45, 7) is 0.412. The molecule has 3 aromatic rings. The molecule has 0 saturated heterocycles. The number of aromatic hydroxyl groups is 1. The highest BCUT2D eigenvalue weighted by atomic mass is 32.1. The van der Waals surface area contributed by atoms with Gasteiger partial charge in [-0.25, -0.2) is 4.98 Å². The average molecular weight is 284 g/mol. The Morgan fingerprint density at radius 2 is 1.65 bits per heavy atom. The topological polar surface area (TPSA) is 42.4 Å². The van der Waals surface area contributed by atoms with E-state index in [9.17, 15) is 5.11 Å². The summed E-state index contributed by atoms with van der Waals surface area (Å²) in [5.41, 5.74) is 1.85. The zero-order chi connectivity index (χ0) is 13.1. The first-order valence-electron chi connectivity index (χ1n) is 6.08. The number of thiol groups is 1. The van der Waals surface area contributed by atoms with Gasteiger partial charge in [-0.1, -0.05) is 24.3 Å². The lowest BCUT2D eigenvalue weighted by Crippen LogP contribution is -1.98. The molecule has 1 N–H and O–H groups in total. The van der Waals surface area contributed by atoms with E-state index in [-0.39, 0.29) is 19.2 Å². The maximum absolute atomic E-state index is 9.19. The first-order valence-corrected chi connectivity index (χ1v) is 6.08. The number of hydrogen-bond acceptors (Lipinski definition) is 4. The zero-order valence-electron chi connectivity index (χ0n) is 10.7. The molecule has 0 atom stereocenters. The van der Waals surface area contributed by atoms with Gasteiger partial charge in [0.1, 0.15) is 18.1 Å². The largest absolute Gasteiger partial charge is 0.813 e. The van der Waals surface area contributed by atoms with E-state index in [0.29, 0.717) is 12.4 Å². The third-order valence-corrected chi connectivity index (χ3v) is 2.88. The van der Waals surface area contributed by atoms with Gasteiger partial charge in [0.25, 0.3) is 0 Å². The quantitative estimate of drug-likeness (QED) is 0.592. The van der Waals surface area contributed by atoms with Crippen LogP contribution in [0.4, 0.5) is 0 Å². The zero-order valence-corrected chi connectivity index (χ0v) is 11.6. The van der Waals surface area contributed by atoms with Gasteiger partial charge >= 0.3 is 0 Å². The first-order chi connectivity index (χ1) is 9.31. The van der Waals surface area contributed by atoms with E-state index < -0.39 is 0 Å². The van der Waals surface area contributed by atoms with Crippen molar-refractivity contribution in [2.75, 3.05) is 0 Å². The van der Waals surface area contributed by atoms with Crippen molar-refractivity contribution in [1.82, 2.24) is 4.98 Å². The summed E-state index contributed by atoms with van der Waals surface area (Å²) in [5, 5.41) is 10.3. The molecule has 0 aliphatic carbocycles. The van der Waals surface area contributed by atoms with Crippen molar-refractivity contribution >= 4 is 24.4 Å². The summed E-state index contributed by atoms with van der Waals surface area (Å²) in [6, 6.07) is 18.7. The van der Waals surface area contributed by atoms with Gasteiger partial charge in [0.15, 0.2) is 0 Å². The second kappa shape index (κ2) is 6.30. The number of benzene rings is 2. The van der Waals surface area contributed by atoms with Crippen molar-refractivity contribution < 1.29 is 9.84 Å². The summed E-state index contributed by atoms with van der Waals surface area (Å²) in [7, 11) is 0. The van der Waals surface area contributed by atoms with Crippen LogP contribution in [-0.4, -0.2) is 10.1 Å². The minimum atomic E-state index is 0. The predicted molar refractivity (Wildman–Crippen MR) is 82.9 cm³/mol. The number of phenolic OH excluding ortho intramolecular Hbond substituents is 1. The van der Waals surface area contributed by atoms with E-state index in [2.05, 4.69) is 4.98 Å². The summed E-state index contributed by atoms with van der Waals surface area (Å²) in [5.74, 6) is 0.948. The molecule has 0 unspecified atom stereocenters.